The van der Waals surface area contributed by atoms with Crippen molar-refractivity contribution in [2.24, 2.45) is 0 Å². The summed E-state index contributed by atoms with van der Waals surface area (Å²) in [5.41, 5.74) is -0.182. The van der Waals surface area contributed by atoms with Crippen molar-refractivity contribution >= 4 is 17.7 Å². The molecule has 2 aliphatic heterocycles. The Labute approximate surface area is 166 Å². The monoisotopic (exact) mass is 399 g/mol. The highest BCUT2D eigenvalue weighted by atomic mass is 16.6. The smallest absolute Gasteiger partial charge is 0.336 e. The van der Waals surface area contributed by atoms with E-state index in [1.165, 1.54) is 0 Å². The Morgan fingerprint density at radius 1 is 1.31 bits per heavy atom. The van der Waals surface area contributed by atoms with Crippen molar-refractivity contribution in [3.63, 3.8) is 0 Å². The third-order valence-corrected chi connectivity index (χ3v) is 7.08. The number of rotatable bonds is 3. The summed E-state index contributed by atoms with van der Waals surface area (Å²) in [4.78, 5) is 37.6. The van der Waals surface area contributed by atoms with Crippen molar-refractivity contribution < 1.29 is 34.1 Å². The van der Waals surface area contributed by atoms with E-state index in [1.54, 1.807) is 6.07 Å². The molecule has 2 heterocycles. The summed E-state index contributed by atoms with van der Waals surface area (Å²) in [6.45, 7) is 0.727. The molecule has 8 heteroatoms. The molecule has 8 nitrogen and oxygen atoms in total. The summed E-state index contributed by atoms with van der Waals surface area (Å²) in [5.74, 6) is -1.70. The number of benzene rings is 1. The molecule has 152 valence electrons. The number of likely N-dealkylation sites (N-methyl/N-ethyl adjacent to an activating group) is 1. The predicted octanol–water partition coefficient (Wildman–Crippen LogP) is 0.586. The third-order valence-electron chi connectivity index (χ3n) is 7.08. The first-order valence-corrected chi connectivity index (χ1v) is 9.69. The van der Waals surface area contributed by atoms with Crippen LogP contribution < -0.4 is 9.47 Å². The van der Waals surface area contributed by atoms with E-state index >= 15 is 0 Å². The number of ketones is 1. The van der Waals surface area contributed by atoms with E-state index in [4.69, 9.17) is 14.6 Å². The SMILES string of the molecule is CN1CC[C@]23c4c5ccc(OC(=O)/C=C/C(=O)O)c4O[C@H]2C(=O)CC[C@@]3(O)[C@H]1C5. The first-order chi connectivity index (χ1) is 13.8. The molecule has 0 amide bonds. The van der Waals surface area contributed by atoms with Crippen LogP contribution in [0.25, 0.3) is 0 Å². The fourth-order valence-corrected chi connectivity index (χ4v) is 5.89. The number of esters is 1. The molecular formula is C21H21NO7. The Bertz CT molecular complexity index is 985. The van der Waals surface area contributed by atoms with Crippen LogP contribution in [0.4, 0.5) is 0 Å². The Morgan fingerprint density at radius 3 is 2.86 bits per heavy atom. The maximum absolute atomic E-state index is 12.8. The number of ether oxygens (including phenoxy) is 2. The van der Waals surface area contributed by atoms with E-state index in [-0.39, 0.29) is 24.0 Å². The first-order valence-electron chi connectivity index (χ1n) is 9.69. The standard InChI is InChI=1S/C21H21NO7/c1-22-9-8-20-17-11-2-3-13(28-16(26)5-4-15(24)25)18(17)29-19(20)12(23)6-7-21(20,27)14(22)10-11/h2-5,14,19,27H,6-10H2,1H3,(H,24,25)/b5-4+/t14-,19+,20+,21-/m1/s1. The summed E-state index contributed by atoms with van der Waals surface area (Å²) in [7, 11) is 1.99. The van der Waals surface area contributed by atoms with Crippen LogP contribution in [0.3, 0.4) is 0 Å². The molecule has 2 fully saturated rings. The van der Waals surface area contributed by atoms with Crippen molar-refractivity contribution in [3.8, 4) is 11.5 Å². The van der Waals surface area contributed by atoms with Crippen LogP contribution >= 0.6 is 0 Å². The predicted molar refractivity (Wildman–Crippen MR) is 98.9 cm³/mol. The second-order valence-corrected chi connectivity index (χ2v) is 8.33. The van der Waals surface area contributed by atoms with Crippen LogP contribution in [0.1, 0.15) is 30.4 Å². The lowest BCUT2D eigenvalue weighted by atomic mass is 9.49. The lowest BCUT2D eigenvalue weighted by molar-refractivity contribution is -0.185. The van der Waals surface area contributed by atoms with E-state index in [9.17, 15) is 19.5 Å². The van der Waals surface area contributed by atoms with Gasteiger partial charge in [0, 0.05) is 30.2 Å². The molecule has 0 unspecified atom stereocenters. The van der Waals surface area contributed by atoms with Crippen LogP contribution in [0.2, 0.25) is 0 Å². The topological polar surface area (TPSA) is 113 Å². The minimum atomic E-state index is -1.26. The molecule has 29 heavy (non-hydrogen) atoms. The molecule has 2 N–H and O–H groups in total. The molecule has 4 atom stereocenters. The van der Waals surface area contributed by atoms with Crippen molar-refractivity contribution in [2.45, 2.75) is 48.8 Å². The van der Waals surface area contributed by atoms with Crippen molar-refractivity contribution in [3.05, 3.63) is 35.4 Å². The van der Waals surface area contributed by atoms with Gasteiger partial charge in [-0.05, 0) is 44.5 Å². The molecule has 1 aromatic carbocycles. The summed E-state index contributed by atoms with van der Waals surface area (Å²) >= 11 is 0. The van der Waals surface area contributed by atoms with Crippen molar-refractivity contribution in [2.75, 3.05) is 13.6 Å². The number of nitrogens with zero attached hydrogens (tertiary/aromatic N) is 1. The molecule has 5 rings (SSSR count). The van der Waals surface area contributed by atoms with Crippen LogP contribution in [-0.4, -0.2) is 64.2 Å². The maximum Gasteiger partial charge on any atom is 0.336 e. The summed E-state index contributed by atoms with van der Waals surface area (Å²) < 4.78 is 11.4. The normalized spacial score (nSPS) is 34.6. The van der Waals surface area contributed by atoms with Gasteiger partial charge in [-0.3, -0.25) is 4.79 Å². The number of hydrogen-bond acceptors (Lipinski definition) is 7. The average Bonchev–Trinajstić information content (AvgIpc) is 3.03. The van der Waals surface area contributed by atoms with Gasteiger partial charge in [0.2, 0.25) is 0 Å². The van der Waals surface area contributed by atoms with Gasteiger partial charge in [-0.1, -0.05) is 6.07 Å². The minimum Gasteiger partial charge on any atom is -0.478 e. The van der Waals surface area contributed by atoms with E-state index in [1.807, 2.05) is 13.1 Å². The second-order valence-electron chi connectivity index (χ2n) is 8.33. The summed E-state index contributed by atoms with van der Waals surface area (Å²) in [6.07, 6.45) is 2.53. The van der Waals surface area contributed by atoms with Gasteiger partial charge in [0.15, 0.2) is 23.4 Å². The van der Waals surface area contributed by atoms with Gasteiger partial charge in [0.1, 0.15) is 0 Å². The van der Waals surface area contributed by atoms with Crippen LogP contribution in [0.5, 0.6) is 11.5 Å². The lowest BCUT2D eigenvalue weighted by Crippen LogP contribution is -2.76. The van der Waals surface area contributed by atoms with E-state index in [0.29, 0.717) is 31.1 Å². The van der Waals surface area contributed by atoms with Gasteiger partial charge in [0.05, 0.1) is 11.0 Å². The first kappa shape index (κ1) is 18.3. The van der Waals surface area contributed by atoms with E-state index in [0.717, 1.165) is 23.7 Å². The van der Waals surface area contributed by atoms with E-state index in [2.05, 4.69) is 4.90 Å². The largest absolute Gasteiger partial charge is 0.478 e. The van der Waals surface area contributed by atoms with Crippen LogP contribution in [0.15, 0.2) is 24.3 Å². The molecule has 1 aromatic rings. The summed E-state index contributed by atoms with van der Waals surface area (Å²) in [6, 6.07) is 3.35. The second kappa shape index (κ2) is 5.90. The quantitative estimate of drug-likeness (QED) is 0.431. The fraction of sp³-hybridized carbons (Fsp3) is 0.476. The Balaban J connectivity index is 1.65. The molecule has 0 radical (unpaired) electrons. The highest BCUT2D eigenvalue weighted by Gasteiger charge is 2.72. The highest BCUT2D eigenvalue weighted by Crippen LogP contribution is 2.64. The Kier molecular flexibility index (Phi) is 3.73. The van der Waals surface area contributed by atoms with Gasteiger partial charge in [0.25, 0.3) is 0 Å². The highest BCUT2D eigenvalue weighted by molar-refractivity contribution is 5.93. The number of hydrogen-bond donors (Lipinski definition) is 2. The van der Waals surface area contributed by atoms with Gasteiger partial charge in [-0.2, -0.15) is 0 Å². The number of aliphatic carboxylic acids is 1. The average molecular weight is 399 g/mol. The zero-order chi connectivity index (χ0) is 20.6. The number of likely N-dealkylation sites (tertiary alicyclic amines) is 1. The summed E-state index contributed by atoms with van der Waals surface area (Å²) in [5, 5.41) is 20.5. The molecule has 1 saturated heterocycles. The van der Waals surface area contributed by atoms with E-state index < -0.39 is 29.1 Å². The number of aliphatic hydroxyl groups is 1. The molecule has 2 bridgehead atoms. The molecule has 1 spiro atoms. The van der Waals surface area contributed by atoms with Crippen LogP contribution in [-0.2, 0) is 26.2 Å². The van der Waals surface area contributed by atoms with Gasteiger partial charge in [-0.25, -0.2) is 9.59 Å². The molecule has 0 aromatic heterocycles. The number of carbonyl (C=O) groups excluding carboxylic acids is 2. The van der Waals surface area contributed by atoms with Crippen LogP contribution in [0, 0.1) is 0 Å². The zero-order valence-electron chi connectivity index (χ0n) is 15.9. The lowest BCUT2D eigenvalue weighted by Gasteiger charge is -2.61. The van der Waals surface area contributed by atoms with Crippen molar-refractivity contribution in [1.82, 2.24) is 4.90 Å². The van der Waals surface area contributed by atoms with Gasteiger partial charge < -0.3 is 24.6 Å². The van der Waals surface area contributed by atoms with Gasteiger partial charge in [-0.15, -0.1) is 0 Å². The fourth-order valence-electron chi connectivity index (χ4n) is 5.89. The molecule has 1 saturated carbocycles. The Hall–Kier alpha value is -2.71. The van der Waals surface area contributed by atoms with Gasteiger partial charge >= 0.3 is 11.9 Å². The number of carboxylic acids is 1. The number of piperidine rings is 1. The third kappa shape index (κ3) is 2.24. The van der Waals surface area contributed by atoms with Crippen molar-refractivity contribution in [1.29, 1.82) is 0 Å². The number of carbonyl (C=O) groups is 3. The molecule has 2 aliphatic carbocycles. The minimum absolute atomic E-state index is 0.0509. The number of Topliss-reactive ketones (excluding diaryl/α,β-unsaturated/α-hetero) is 1. The maximum atomic E-state index is 12.8. The Morgan fingerprint density at radius 2 is 2.10 bits per heavy atom. The zero-order valence-corrected chi connectivity index (χ0v) is 15.9. The number of carboxylic acid groups (broad SMARTS) is 1. The molecular weight excluding hydrogens is 378 g/mol. The molecule has 4 aliphatic rings.